The average molecular weight is 657 g/mol. The SMILES string of the molecule is C=C(C)C(=O)OCC(CC[C@H]1CC[C@@]2(C)[C@@H](CC[C@@H]3[C@@H]2CC[C@]2(C)[C@@H]([C@H](C)CC[C@@H](C)C(C)C)CC[C@@H]32)C1)COC(=O)C(=C)CS. The summed E-state index contributed by atoms with van der Waals surface area (Å²) in [6.07, 6.45) is 17.4. The fourth-order valence-electron chi connectivity index (χ4n) is 11.0. The van der Waals surface area contributed by atoms with E-state index in [2.05, 4.69) is 67.3 Å². The lowest BCUT2D eigenvalue weighted by Crippen LogP contribution is -2.53. The molecule has 0 saturated heterocycles. The van der Waals surface area contributed by atoms with Crippen LogP contribution in [-0.4, -0.2) is 30.9 Å². The Morgan fingerprint density at radius 2 is 1.48 bits per heavy atom. The van der Waals surface area contributed by atoms with Crippen LogP contribution in [0, 0.1) is 70.0 Å². The number of esters is 2. The predicted molar refractivity (Wildman–Crippen MR) is 194 cm³/mol. The molecule has 0 aromatic carbocycles. The van der Waals surface area contributed by atoms with E-state index in [0.29, 0.717) is 27.9 Å². The Hall–Kier alpha value is -1.23. The second-order valence-corrected chi connectivity index (χ2v) is 17.8. The third-order valence-corrected chi connectivity index (χ3v) is 14.8. The van der Waals surface area contributed by atoms with Crippen LogP contribution in [0.3, 0.4) is 0 Å². The Balaban J connectivity index is 1.33. The zero-order valence-corrected chi connectivity index (χ0v) is 31.5. The van der Waals surface area contributed by atoms with Crippen molar-refractivity contribution in [3.63, 3.8) is 0 Å². The number of hydrogen-bond donors (Lipinski definition) is 1. The first-order valence-corrected chi connectivity index (χ1v) is 19.6. The number of fused-ring (bicyclic) bond motifs is 5. The second kappa shape index (κ2) is 16.0. The van der Waals surface area contributed by atoms with E-state index in [1.165, 1.54) is 70.6 Å². The van der Waals surface area contributed by atoms with Crippen molar-refractivity contribution in [1.82, 2.24) is 0 Å². The smallest absolute Gasteiger partial charge is 0.334 e. The molecule has 4 aliphatic rings. The van der Waals surface area contributed by atoms with E-state index in [9.17, 15) is 9.59 Å². The van der Waals surface area contributed by atoms with E-state index >= 15 is 0 Å². The zero-order valence-electron chi connectivity index (χ0n) is 30.6. The number of carbonyl (C=O) groups excluding carboxylic acids is 2. The molecule has 4 fully saturated rings. The number of rotatable bonds is 15. The number of thiol groups is 1. The normalized spacial score (nSPS) is 35.7. The molecule has 0 N–H and O–H groups in total. The van der Waals surface area contributed by atoms with Gasteiger partial charge in [-0.25, -0.2) is 9.59 Å². The van der Waals surface area contributed by atoms with Crippen LogP contribution in [0.1, 0.15) is 132 Å². The fraction of sp³-hybridized carbons (Fsp3) is 0.854. The minimum atomic E-state index is -0.413. The molecule has 0 aromatic rings. The van der Waals surface area contributed by atoms with Crippen molar-refractivity contribution >= 4 is 24.6 Å². The average Bonchev–Trinajstić information content (AvgIpc) is 3.39. The summed E-state index contributed by atoms with van der Waals surface area (Å²) in [6.45, 7) is 24.8. The summed E-state index contributed by atoms with van der Waals surface area (Å²) in [4.78, 5) is 24.4. The van der Waals surface area contributed by atoms with Gasteiger partial charge in [0.2, 0.25) is 0 Å². The van der Waals surface area contributed by atoms with Gasteiger partial charge in [-0.15, -0.1) is 0 Å². The van der Waals surface area contributed by atoms with Crippen LogP contribution >= 0.6 is 12.6 Å². The molecule has 0 aliphatic heterocycles. The van der Waals surface area contributed by atoms with Gasteiger partial charge in [0.1, 0.15) is 0 Å². The van der Waals surface area contributed by atoms with Crippen LogP contribution in [0.15, 0.2) is 24.3 Å². The first kappa shape index (κ1) is 37.6. The fourth-order valence-corrected chi connectivity index (χ4v) is 11.1. The maximum absolute atomic E-state index is 12.3. The van der Waals surface area contributed by atoms with E-state index < -0.39 is 5.97 Å². The number of carbonyl (C=O) groups is 2. The molecule has 262 valence electrons. The van der Waals surface area contributed by atoms with Crippen LogP contribution in [0.5, 0.6) is 0 Å². The lowest BCUT2D eigenvalue weighted by Gasteiger charge is -2.61. The lowest BCUT2D eigenvalue weighted by molar-refractivity contribution is -0.144. The van der Waals surface area contributed by atoms with Gasteiger partial charge in [0.15, 0.2) is 0 Å². The van der Waals surface area contributed by atoms with Crippen LogP contribution in [0.2, 0.25) is 0 Å². The van der Waals surface area contributed by atoms with Crippen LogP contribution in [-0.2, 0) is 19.1 Å². The summed E-state index contributed by atoms with van der Waals surface area (Å²) in [5.74, 6) is 7.12. The quantitative estimate of drug-likeness (QED) is 0.108. The van der Waals surface area contributed by atoms with Crippen molar-refractivity contribution in [1.29, 1.82) is 0 Å². The van der Waals surface area contributed by atoms with Crippen molar-refractivity contribution in [3.8, 4) is 0 Å². The van der Waals surface area contributed by atoms with E-state index in [-0.39, 0.29) is 30.9 Å². The van der Waals surface area contributed by atoms with Crippen LogP contribution in [0.4, 0.5) is 0 Å². The monoisotopic (exact) mass is 656 g/mol. The molecule has 0 amide bonds. The van der Waals surface area contributed by atoms with Crippen molar-refractivity contribution in [3.05, 3.63) is 24.3 Å². The molecule has 0 spiro atoms. The highest BCUT2D eigenvalue weighted by atomic mass is 32.1. The summed E-state index contributed by atoms with van der Waals surface area (Å²) in [5.41, 5.74) is 1.78. The highest BCUT2D eigenvalue weighted by Crippen LogP contribution is 2.68. The molecule has 46 heavy (non-hydrogen) atoms. The van der Waals surface area contributed by atoms with Gasteiger partial charge in [0.05, 0.1) is 13.2 Å². The molecule has 0 heterocycles. The molecule has 0 aromatic heterocycles. The maximum Gasteiger partial charge on any atom is 0.334 e. The summed E-state index contributed by atoms with van der Waals surface area (Å²) in [7, 11) is 0. The third kappa shape index (κ3) is 8.31. The van der Waals surface area contributed by atoms with Gasteiger partial charge in [-0.05, 0) is 142 Å². The Kier molecular flexibility index (Phi) is 13.1. The van der Waals surface area contributed by atoms with Gasteiger partial charge in [0, 0.05) is 22.8 Å². The molecule has 11 atom stereocenters. The van der Waals surface area contributed by atoms with Gasteiger partial charge in [0.25, 0.3) is 0 Å². The standard InChI is InChI=1S/C41H68O4S/c1-26(2)28(5)10-11-29(6)35-16-17-36-34-15-14-33-22-31(18-20-40(33,8)37(34)19-21-41(35,36)9)12-13-32(23-44-38(42)27(3)4)24-45-39(43)30(7)25-46/h26,28-29,31-37,46H,3,7,10-25H2,1-2,4-6,8-9H3/t28-,29-,31+,32?,33+,34+,35-,36+,37+,40+,41-/m1/s1. The predicted octanol–water partition coefficient (Wildman–Crippen LogP) is 10.5. The van der Waals surface area contributed by atoms with E-state index in [0.717, 1.165) is 60.2 Å². The number of ether oxygens (including phenoxy) is 2. The van der Waals surface area contributed by atoms with Crippen molar-refractivity contribution in [2.75, 3.05) is 19.0 Å². The molecule has 4 nitrogen and oxygen atoms in total. The molecule has 5 heteroatoms. The Morgan fingerprint density at radius 3 is 2.13 bits per heavy atom. The van der Waals surface area contributed by atoms with Gasteiger partial charge >= 0.3 is 11.9 Å². The molecule has 0 bridgehead atoms. The molecule has 1 unspecified atom stereocenters. The van der Waals surface area contributed by atoms with Gasteiger partial charge in [-0.3, -0.25) is 0 Å². The van der Waals surface area contributed by atoms with E-state index in [1.807, 2.05) is 0 Å². The lowest BCUT2D eigenvalue weighted by atomic mass is 9.44. The first-order chi connectivity index (χ1) is 21.7. The third-order valence-electron chi connectivity index (χ3n) is 14.5. The van der Waals surface area contributed by atoms with Crippen molar-refractivity contribution in [2.45, 2.75) is 132 Å². The highest BCUT2D eigenvalue weighted by molar-refractivity contribution is 7.80. The second-order valence-electron chi connectivity index (χ2n) is 17.5. The van der Waals surface area contributed by atoms with E-state index in [4.69, 9.17) is 9.47 Å². The molecule has 4 saturated carbocycles. The topological polar surface area (TPSA) is 52.6 Å². The Labute approximate surface area is 288 Å². The van der Waals surface area contributed by atoms with Crippen molar-refractivity contribution in [2.24, 2.45) is 70.0 Å². The summed E-state index contributed by atoms with van der Waals surface area (Å²) in [5, 5.41) is 0. The summed E-state index contributed by atoms with van der Waals surface area (Å²) < 4.78 is 11.1. The minimum absolute atomic E-state index is 0.0219. The molecular weight excluding hydrogens is 589 g/mol. The van der Waals surface area contributed by atoms with Crippen molar-refractivity contribution < 1.29 is 19.1 Å². The van der Waals surface area contributed by atoms with E-state index in [1.54, 1.807) is 6.92 Å². The van der Waals surface area contributed by atoms with Gasteiger partial charge < -0.3 is 9.47 Å². The summed E-state index contributed by atoms with van der Waals surface area (Å²) in [6, 6.07) is 0. The highest BCUT2D eigenvalue weighted by Gasteiger charge is 2.60. The molecular formula is C41H68O4S. The Bertz CT molecular complexity index is 1080. The van der Waals surface area contributed by atoms with Gasteiger partial charge in [-0.1, -0.05) is 67.5 Å². The largest absolute Gasteiger partial charge is 0.462 e. The molecule has 4 rings (SSSR count). The Morgan fingerprint density at radius 1 is 0.826 bits per heavy atom. The number of hydrogen-bond acceptors (Lipinski definition) is 5. The molecule has 4 aliphatic carbocycles. The van der Waals surface area contributed by atoms with Gasteiger partial charge in [-0.2, -0.15) is 12.6 Å². The molecule has 0 radical (unpaired) electrons. The minimum Gasteiger partial charge on any atom is -0.462 e. The van der Waals surface area contributed by atoms with Crippen LogP contribution in [0.25, 0.3) is 0 Å². The summed E-state index contributed by atoms with van der Waals surface area (Å²) >= 11 is 4.15. The zero-order chi connectivity index (χ0) is 33.8. The maximum atomic E-state index is 12.3. The first-order valence-electron chi connectivity index (χ1n) is 19.0. The van der Waals surface area contributed by atoms with Crippen LogP contribution < -0.4 is 0 Å².